The van der Waals surface area contributed by atoms with Gasteiger partial charge in [0.15, 0.2) is 0 Å². The maximum Gasteiger partial charge on any atom is 0.416 e. The van der Waals surface area contributed by atoms with Crippen LogP contribution in [0.2, 0.25) is 0 Å². The number of nitriles is 1. The third-order valence-corrected chi connectivity index (χ3v) is 4.36. The van der Waals surface area contributed by atoms with Gasteiger partial charge >= 0.3 is 6.18 Å². The third-order valence-electron chi connectivity index (χ3n) is 4.36. The van der Waals surface area contributed by atoms with E-state index in [4.69, 9.17) is 0 Å². The van der Waals surface area contributed by atoms with E-state index < -0.39 is 11.7 Å². The van der Waals surface area contributed by atoms with Crippen molar-refractivity contribution >= 4 is 11.5 Å². The number of anilines is 2. The van der Waals surface area contributed by atoms with E-state index in [2.05, 4.69) is 15.3 Å². The number of hydrogen-bond acceptors (Lipinski definition) is 5. The second-order valence-electron chi connectivity index (χ2n) is 6.32. The zero-order valence-electron chi connectivity index (χ0n) is 14.2. The van der Waals surface area contributed by atoms with Gasteiger partial charge < -0.3 is 10.2 Å². The summed E-state index contributed by atoms with van der Waals surface area (Å²) in [5.74, 6) is 0.720. The Morgan fingerprint density at radius 2 is 2.08 bits per heavy atom. The fraction of sp³-hybridized carbons (Fsp3) is 0.389. The van der Waals surface area contributed by atoms with Crippen molar-refractivity contribution in [3.63, 3.8) is 0 Å². The molecule has 0 spiro atoms. The highest BCUT2D eigenvalue weighted by atomic mass is 19.4. The highest BCUT2D eigenvalue weighted by molar-refractivity contribution is 5.61. The van der Waals surface area contributed by atoms with Gasteiger partial charge in [-0.05, 0) is 38.0 Å². The van der Waals surface area contributed by atoms with Crippen molar-refractivity contribution in [1.29, 1.82) is 5.26 Å². The third kappa shape index (κ3) is 4.04. The predicted molar refractivity (Wildman–Crippen MR) is 91.8 cm³/mol. The molecule has 0 saturated carbocycles. The summed E-state index contributed by atoms with van der Waals surface area (Å²) in [6, 6.07) is 7.16. The summed E-state index contributed by atoms with van der Waals surface area (Å²) in [5, 5.41) is 12.6. The SMILES string of the molecule is Cc1cc(NC2CCCN(c3ccc(C(F)(F)F)cc3C#N)C2)ncn1. The molecule has 0 aliphatic carbocycles. The largest absolute Gasteiger partial charge is 0.416 e. The summed E-state index contributed by atoms with van der Waals surface area (Å²) < 4.78 is 38.6. The van der Waals surface area contributed by atoms with Crippen LogP contribution in [0.3, 0.4) is 0 Å². The van der Waals surface area contributed by atoms with E-state index in [1.165, 1.54) is 12.4 Å². The number of nitrogens with one attached hydrogen (secondary N) is 1. The van der Waals surface area contributed by atoms with E-state index in [0.717, 1.165) is 36.5 Å². The van der Waals surface area contributed by atoms with Crippen LogP contribution in [-0.4, -0.2) is 29.1 Å². The summed E-state index contributed by atoms with van der Waals surface area (Å²) in [5.41, 5.74) is 0.620. The number of alkyl halides is 3. The summed E-state index contributed by atoms with van der Waals surface area (Å²) >= 11 is 0. The number of halogens is 3. The van der Waals surface area contributed by atoms with Gasteiger partial charge in [-0.15, -0.1) is 0 Å². The zero-order valence-corrected chi connectivity index (χ0v) is 14.2. The first-order valence-corrected chi connectivity index (χ1v) is 8.28. The zero-order chi connectivity index (χ0) is 18.7. The van der Waals surface area contributed by atoms with Gasteiger partial charge in [0.05, 0.1) is 16.8 Å². The summed E-state index contributed by atoms with van der Waals surface area (Å²) in [6.45, 7) is 3.16. The van der Waals surface area contributed by atoms with Gasteiger partial charge in [0.25, 0.3) is 0 Å². The highest BCUT2D eigenvalue weighted by Crippen LogP contribution is 2.33. The lowest BCUT2D eigenvalue weighted by molar-refractivity contribution is -0.137. The Morgan fingerprint density at radius 3 is 2.77 bits per heavy atom. The van der Waals surface area contributed by atoms with Crippen molar-refractivity contribution in [1.82, 2.24) is 9.97 Å². The maximum atomic E-state index is 12.9. The van der Waals surface area contributed by atoms with Gasteiger partial charge in [-0.3, -0.25) is 0 Å². The molecule has 1 aliphatic rings. The minimum absolute atomic E-state index is 0.0401. The van der Waals surface area contributed by atoms with Gasteiger partial charge in [0, 0.05) is 30.9 Å². The molecule has 2 heterocycles. The van der Waals surface area contributed by atoms with Crippen molar-refractivity contribution < 1.29 is 13.2 Å². The van der Waals surface area contributed by atoms with E-state index in [-0.39, 0.29) is 11.6 Å². The smallest absolute Gasteiger partial charge is 0.368 e. The van der Waals surface area contributed by atoms with Gasteiger partial charge in [-0.2, -0.15) is 18.4 Å². The fourth-order valence-corrected chi connectivity index (χ4v) is 3.13. The molecule has 1 aromatic carbocycles. The molecule has 1 fully saturated rings. The molecule has 8 heteroatoms. The van der Waals surface area contributed by atoms with Crippen molar-refractivity contribution in [3.8, 4) is 6.07 Å². The summed E-state index contributed by atoms with van der Waals surface area (Å²) in [7, 11) is 0. The van der Waals surface area contributed by atoms with Gasteiger partial charge in [-0.1, -0.05) is 0 Å². The average molecular weight is 361 g/mol. The molecule has 1 aliphatic heterocycles. The molecule has 26 heavy (non-hydrogen) atoms. The molecule has 1 saturated heterocycles. The topological polar surface area (TPSA) is 64.8 Å². The first-order valence-electron chi connectivity index (χ1n) is 8.28. The molecule has 1 atom stereocenters. The van der Waals surface area contributed by atoms with Crippen LogP contribution >= 0.6 is 0 Å². The fourth-order valence-electron chi connectivity index (χ4n) is 3.13. The van der Waals surface area contributed by atoms with Crippen LogP contribution in [0.25, 0.3) is 0 Å². The van der Waals surface area contributed by atoms with Crippen LogP contribution in [0.1, 0.15) is 29.7 Å². The Labute approximate surface area is 149 Å². The molecule has 0 bridgehead atoms. The Morgan fingerprint density at radius 1 is 1.27 bits per heavy atom. The van der Waals surface area contributed by atoms with Crippen molar-refractivity contribution in [2.24, 2.45) is 0 Å². The van der Waals surface area contributed by atoms with E-state index >= 15 is 0 Å². The molecule has 1 unspecified atom stereocenters. The number of aryl methyl sites for hydroxylation is 1. The molecule has 0 radical (unpaired) electrons. The molecule has 0 amide bonds. The van der Waals surface area contributed by atoms with Crippen LogP contribution in [0.15, 0.2) is 30.6 Å². The number of benzene rings is 1. The van der Waals surface area contributed by atoms with Crippen molar-refractivity contribution in [2.75, 3.05) is 23.3 Å². The van der Waals surface area contributed by atoms with Crippen molar-refractivity contribution in [3.05, 3.63) is 47.4 Å². The Kier molecular flexibility index (Phi) is 4.98. The van der Waals surface area contributed by atoms with E-state index in [1.54, 1.807) is 0 Å². The molecular weight excluding hydrogens is 343 g/mol. The average Bonchev–Trinajstić information content (AvgIpc) is 2.60. The monoisotopic (exact) mass is 361 g/mol. The Balaban J connectivity index is 1.78. The van der Waals surface area contributed by atoms with Crippen LogP contribution < -0.4 is 10.2 Å². The van der Waals surface area contributed by atoms with E-state index in [9.17, 15) is 18.4 Å². The molecule has 5 nitrogen and oxygen atoms in total. The minimum atomic E-state index is -4.46. The predicted octanol–water partition coefficient (Wildman–Crippen LogP) is 3.76. The van der Waals surface area contributed by atoms with Crippen LogP contribution in [0.4, 0.5) is 24.7 Å². The van der Waals surface area contributed by atoms with Gasteiger partial charge in [0.1, 0.15) is 18.2 Å². The molecular formula is C18H18F3N5. The lowest BCUT2D eigenvalue weighted by atomic mass is 10.0. The van der Waals surface area contributed by atoms with Gasteiger partial charge in [0.2, 0.25) is 0 Å². The minimum Gasteiger partial charge on any atom is -0.368 e. The van der Waals surface area contributed by atoms with Crippen LogP contribution in [0.5, 0.6) is 0 Å². The van der Waals surface area contributed by atoms with Gasteiger partial charge in [-0.25, -0.2) is 9.97 Å². The number of piperidine rings is 1. The lowest BCUT2D eigenvalue weighted by Gasteiger charge is -2.35. The Hall–Kier alpha value is -2.82. The first kappa shape index (κ1) is 18.0. The standard InChI is InChI=1S/C18H18F3N5/c1-12-7-17(24-11-23-12)25-15-3-2-6-26(10-15)16-5-4-14(18(19,20)21)8-13(16)9-22/h4-5,7-8,11,15H,2-3,6,10H2,1H3,(H,23,24,25). The van der Waals surface area contributed by atoms with Crippen molar-refractivity contribution in [2.45, 2.75) is 32.0 Å². The second kappa shape index (κ2) is 7.20. The maximum absolute atomic E-state index is 12.9. The number of nitrogens with zero attached hydrogens (tertiary/aromatic N) is 4. The molecule has 136 valence electrons. The quantitative estimate of drug-likeness (QED) is 0.902. The number of hydrogen-bond donors (Lipinski definition) is 1. The molecule has 3 rings (SSSR count). The Bertz CT molecular complexity index is 828. The van der Waals surface area contributed by atoms with E-state index in [1.807, 2.05) is 24.0 Å². The normalized spacial score (nSPS) is 17.7. The number of aromatic nitrogens is 2. The van der Waals surface area contributed by atoms with E-state index in [0.29, 0.717) is 18.8 Å². The summed E-state index contributed by atoms with van der Waals surface area (Å²) in [4.78, 5) is 10.2. The number of rotatable bonds is 3. The summed E-state index contributed by atoms with van der Waals surface area (Å²) in [6.07, 6.45) is -1.18. The highest BCUT2D eigenvalue weighted by Gasteiger charge is 2.32. The lowest BCUT2D eigenvalue weighted by Crippen LogP contribution is -2.42. The molecule has 1 N–H and O–H groups in total. The molecule has 2 aromatic rings. The molecule has 1 aromatic heterocycles. The van der Waals surface area contributed by atoms with Crippen LogP contribution in [0, 0.1) is 18.3 Å². The van der Waals surface area contributed by atoms with Crippen LogP contribution in [-0.2, 0) is 6.18 Å². The second-order valence-corrected chi connectivity index (χ2v) is 6.32. The first-order chi connectivity index (χ1) is 12.4.